The highest BCUT2D eigenvalue weighted by molar-refractivity contribution is 5.96. The van der Waals surface area contributed by atoms with Gasteiger partial charge in [0.2, 0.25) is 17.7 Å². The Morgan fingerprint density at radius 3 is 2.28 bits per heavy atom. The number of H-pyrrole nitrogens is 1. The first-order valence-corrected chi connectivity index (χ1v) is 15.8. The van der Waals surface area contributed by atoms with Crippen molar-refractivity contribution in [3.8, 4) is 0 Å². The number of hydrogen-bond acceptors (Lipinski definition) is 6. The SMILES string of the molecule is CC(C)CC(C[C@@H](O)CCC(=O)c1ccc(F)cc1)C(=O)N[C@@H](CCCNC(=N)N)C(=O)N[C@@H](Cc1c[nH]c2ccccc12)C(N)=O. The summed E-state index contributed by atoms with van der Waals surface area (Å²) >= 11 is 0. The second-order valence-corrected chi connectivity index (χ2v) is 12.3. The van der Waals surface area contributed by atoms with E-state index in [1.807, 2.05) is 38.1 Å². The minimum absolute atomic E-state index is 0.0158. The van der Waals surface area contributed by atoms with Crippen LogP contribution >= 0.6 is 0 Å². The van der Waals surface area contributed by atoms with Crippen LogP contribution in [-0.4, -0.2) is 64.3 Å². The molecule has 1 heterocycles. The Hall–Kier alpha value is -4.78. The van der Waals surface area contributed by atoms with Gasteiger partial charge in [0.1, 0.15) is 17.9 Å². The van der Waals surface area contributed by atoms with Crippen LogP contribution in [0.15, 0.2) is 54.7 Å². The van der Waals surface area contributed by atoms with Crippen molar-refractivity contribution in [2.75, 3.05) is 6.54 Å². The smallest absolute Gasteiger partial charge is 0.243 e. The van der Waals surface area contributed by atoms with Gasteiger partial charge in [-0.15, -0.1) is 0 Å². The lowest BCUT2D eigenvalue weighted by atomic mass is 9.89. The number of carbonyl (C=O) groups excluding carboxylic acids is 4. The van der Waals surface area contributed by atoms with Crippen molar-refractivity contribution in [2.45, 2.75) is 77.0 Å². The zero-order valence-electron chi connectivity index (χ0n) is 26.9. The number of nitrogens with one attached hydrogen (secondary N) is 5. The van der Waals surface area contributed by atoms with E-state index < -0.39 is 47.6 Å². The highest BCUT2D eigenvalue weighted by atomic mass is 19.1. The lowest BCUT2D eigenvalue weighted by Crippen LogP contribution is -2.54. The van der Waals surface area contributed by atoms with Gasteiger partial charge in [-0.2, -0.15) is 0 Å². The maximum absolute atomic E-state index is 13.6. The summed E-state index contributed by atoms with van der Waals surface area (Å²) in [7, 11) is 0. The molecule has 10 N–H and O–H groups in total. The Morgan fingerprint density at radius 2 is 1.62 bits per heavy atom. The number of Topliss-reactive ketones (excluding diaryl/α,β-unsaturated/α-hetero) is 1. The topological polar surface area (TPSA) is 216 Å². The van der Waals surface area contributed by atoms with Crippen LogP contribution in [0.5, 0.6) is 0 Å². The van der Waals surface area contributed by atoms with E-state index in [2.05, 4.69) is 20.9 Å². The first kappa shape index (κ1) is 36.7. The summed E-state index contributed by atoms with van der Waals surface area (Å²) in [5.41, 5.74) is 13.1. The predicted molar refractivity (Wildman–Crippen MR) is 178 cm³/mol. The van der Waals surface area contributed by atoms with E-state index in [1.54, 1.807) is 6.20 Å². The van der Waals surface area contributed by atoms with Crippen molar-refractivity contribution < 1.29 is 28.7 Å². The average molecular weight is 652 g/mol. The molecule has 4 atom stereocenters. The summed E-state index contributed by atoms with van der Waals surface area (Å²) in [6, 6.07) is 10.6. The normalized spacial score (nSPS) is 13.8. The Kier molecular flexibility index (Phi) is 13.9. The number of benzene rings is 2. The molecular formula is C34H46FN7O5. The number of aromatic nitrogens is 1. The van der Waals surface area contributed by atoms with Crippen LogP contribution < -0.4 is 27.4 Å². The number of ketones is 1. The number of para-hydroxylation sites is 1. The Bertz CT molecular complexity index is 1520. The van der Waals surface area contributed by atoms with Crippen LogP contribution in [0.2, 0.25) is 0 Å². The van der Waals surface area contributed by atoms with Crippen LogP contribution in [-0.2, 0) is 20.8 Å². The molecule has 254 valence electrons. The summed E-state index contributed by atoms with van der Waals surface area (Å²) in [6.07, 6.45) is 2.05. The fourth-order valence-electron chi connectivity index (χ4n) is 5.51. The minimum Gasteiger partial charge on any atom is -0.393 e. The molecular weight excluding hydrogens is 605 g/mol. The molecule has 3 aromatic rings. The van der Waals surface area contributed by atoms with Crippen LogP contribution in [0, 0.1) is 23.1 Å². The number of hydrogen-bond donors (Lipinski definition) is 8. The quantitative estimate of drug-likeness (QED) is 0.0419. The predicted octanol–water partition coefficient (Wildman–Crippen LogP) is 2.64. The Labute approximate surface area is 273 Å². The monoisotopic (exact) mass is 651 g/mol. The molecule has 12 nitrogen and oxygen atoms in total. The van der Waals surface area contributed by atoms with Crippen molar-refractivity contribution in [1.29, 1.82) is 5.41 Å². The van der Waals surface area contributed by atoms with E-state index in [1.165, 1.54) is 24.3 Å². The largest absolute Gasteiger partial charge is 0.393 e. The number of fused-ring (bicyclic) bond motifs is 1. The van der Waals surface area contributed by atoms with E-state index in [4.69, 9.17) is 16.9 Å². The number of aliphatic hydroxyl groups is 1. The third-order valence-corrected chi connectivity index (χ3v) is 7.93. The summed E-state index contributed by atoms with van der Waals surface area (Å²) in [4.78, 5) is 55.3. The van der Waals surface area contributed by atoms with E-state index >= 15 is 0 Å². The van der Waals surface area contributed by atoms with E-state index in [9.17, 15) is 28.7 Å². The van der Waals surface area contributed by atoms with Gasteiger partial charge in [-0.1, -0.05) is 32.0 Å². The van der Waals surface area contributed by atoms with Gasteiger partial charge in [0.25, 0.3) is 0 Å². The maximum Gasteiger partial charge on any atom is 0.243 e. The summed E-state index contributed by atoms with van der Waals surface area (Å²) in [5, 5.41) is 27.3. The molecule has 13 heteroatoms. The number of primary amides is 1. The molecule has 3 rings (SSSR count). The number of nitrogens with two attached hydrogens (primary N) is 2. The summed E-state index contributed by atoms with van der Waals surface area (Å²) in [6.45, 7) is 4.15. The van der Waals surface area contributed by atoms with Crippen molar-refractivity contribution in [3.05, 3.63) is 71.7 Å². The van der Waals surface area contributed by atoms with Crippen LogP contribution in [0.3, 0.4) is 0 Å². The second-order valence-electron chi connectivity index (χ2n) is 12.3. The molecule has 0 aliphatic carbocycles. The maximum atomic E-state index is 13.6. The highest BCUT2D eigenvalue weighted by Crippen LogP contribution is 2.22. The Morgan fingerprint density at radius 1 is 0.936 bits per heavy atom. The van der Waals surface area contributed by atoms with Crippen LogP contribution in [0.4, 0.5) is 4.39 Å². The van der Waals surface area contributed by atoms with Gasteiger partial charge in [-0.3, -0.25) is 24.6 Å². The van der Waals surface area contributed by atoms with Gasteiger partial charge >= 0.3 is 0 Å². The fourth-order valence-corrected chi connectivity index (χ4v) is 5.51. The zero-order chi connectivity index (χ0) is 34.5. The standard InChI is InChI=1S/C34H46FN7O5/c1-20(2)16-22(17-25(43)13-14-30(44)21-9-11-24(35)12-10-21)32(46)41-28(8-5-15-39-34(37)38)33(47)42-29(31(36)45)18-23-19-40-27-7-4-3-6-26(23)27/h3-4,6-7,9-12,19-20,22,25,28-29,40,43H,5,8,13-18H2,1-2H3,(H2,36,45)(H,41,46)(H,42,47)(H4,37,38,39)/t22?,25-,28-,29-/m0/s1. The van der Waals surface area contributed by atoms with Crippen molar-refractivity contribution in [2.24, 2.45) is 23.3 Å². The molecule has 0 saturated carbocycles. The molecule has 3 amide bonds. The van der Waals surface area contributed by atoms with E-state index in [0.717, 1.165) is 16.5 Å². The number of amides is 3. The number of guanidine groups is 1. The van der Waals surface area contributed by atoms with Crippen molar-refractivity contribution in [3.63, 3.8) is 0 Å². The van der Waals surface area contributed by atoms with Gasteiger partial charge in [-0.05, 0) is 73.9 Å². The molecule has 0 bridgehead atoms. The fraction of sp³-hybridized carbons (Fsp3) is 0.441. The summed E-state index contributed by atoms with van der Waals surface area (Å²) < 4.78 is 13.2. The molecule has 1 aromatic heterocycles. The summed E-state index contributed by atoms with van der Waals surface area (Å²) in [5.74, 6) is -3.30. The lowest BCUT2D eigenvalue weighted by Gasteiger charge is -2.26. The van der Waals surface area contributed by atoms with E-state index in [0.29, 0.717) is 18.4 Å². The number of aromatic amines is 1. The molecule has 0 saturated heterocycles. The first-order chi connectivity index (χ1) is 22.3. The first-order valence-electron chi connectivity index (χ1n) is 15.8. The Balaban J connectivity index is 1.69. The zero-order valence-corrected chi connectivity index (χ0v) is 26.9. The molecule has 1 unspecified atom stereocenters. The third-order valence-electron chi connectivity index (χ3n) is 7.93. The minimum atomic E-state index is -1.05. The number of halogens is 1. The van der Waals surface area contributed by atoms with Gasteiger partial charge in [0.15, 0.2) is 11.7 Å². The third kappa shape index (κ3) is 11.8. The lowest BCUT2D eigenvalue weighted by molar-refractivity contribution is -0.133. The van der Waals surface area contributed by atoms with E-state index in [-0.39, 0.29) is 56.3 Å². The van der Waals surface area contributed by atoms with Crippen LogP contribution in [0.1, 0.15) is 68.3 Å². The number of aliphatic hydroxyl groups excluding tert-OH is 1. The molecule has 0 aliphatic rings. The van der Waals surface area contributed by atoms with Gasteiger partial charge < -0.3 is 37.5 Å². The number of rotatable bonds is 19. The molecule has 0 fully saturated rings. The number of carbonyl (C=O) groups is 4. The molecule has 0 spiro atoms. The van der Waals surface area contributed by atoms with Gasteiger partial charge in [-0.25, -0.2) is 4.39 Å². The average Bonchev–Trinajstić information content (AvgIpc) is 3.43. The molecule has 0 radical (unpaired) electrons. The second kappa shape index (κ2) is 17.8. The van der Waals surface area contributed by atoms with Crippen LogP contribution in [0.25, 0.3) is 10.9 Å². The molecule has 47 heavy (non-hydrogen) atoms. The van der Waals surface area contributed by atoms with Gasteiger partial charge in [0.05, 0.1) is 6.10 Å². The van der Waals surface area contributed by atoms with Gasteiger partial charge in [0, 0.05) is 48.0 Å². The molecule has 2 aromatic carbocycles. The molecule has 0 aliphatic heterocycles. The highest BCUT2D eigenvalue weighted by Gasteiger charge is 2.30. The van der Waals surface area contributed by atoms with Crippen molar-refractivity contribution >= 4 is 40.4 Å². The van der Waals surface area contributed by atoms with Crippen molar-refractivity contribution in [1.82, 2.24) is 20.9 Å².